The predicted molar refractivity (Wildman–Crippen MR) is 78.8 cm³/mol. The van der Waals surface area contributed by atoms with E-state index < -0.39 is 0 Å². The van der Waals surface area contributed by atoms with E-state index in [4.69, 9.17) is 51.1 Å². The minimum absolute atomic E-state index is 0.236. The Labute approximate surface area is 131 Å². The molecule has 0 radical (unpaired) electrons. The van der Waals surface area contributed by atoms with Crippen molar-refractivity contribution in [1.29, 1.82) is 0 Å². The molecule has 0 spiro atoms. The zero-order chi connectivity index (χ0) is 14.2. The van der Waals surface area contributed by atoms with E-state index >= 15 is 0 Å². The van der Waals surface area contributed by atoms with E-state index in [0.717, 1.165) is 11.3 Å². The van der Waals surface area contributed by atoms with Gasteiger partial charge in [-0.25, -0.2) is 0 Å². The van der Waals surface area contributed by atoms with E-state index in [1.807, 2.05) is 6.92 Å². The minimum Gasteiger partial charge on any atom is -0.486 e. The van der Waals surface area contributed by atoms with Crippen molar-refractivity contribution >= 4 is 46.4 Å². The molecule has 0 aliphatic rings. The van der Waals surface area contributed by atoms with Crippen molar-refractivity contribution in [1.82, 2.24) is 9.78 Å². The van der Waals surface area contributed by atoms with Crippen molar-refractivity contribution in [2.24, 2.45) is 7.05 Å². The number of nitrogens with zero attached hydrogens (tertiary/aromatic N) is 2. The van der Waals surface area contributed by atoms with Gasteiger partial charge in [0, 0.05) is 17.6 Å². The summed E-state index contributed by atoms with van der Waals surface area (Å²) in [7, 11) is 1.76. The van der Waals surface area contributed by atoms with Crippen molar-refractivity contribution in [3.8, 4) is 5.75 Å². The zero-order valence-electron chi connectivity index (χ0n) is 10.2. The van der Waals surface area contributed by atoms with Gasteiger partial charge in [0.15, 0.2) is 5.75 Å². The van der Waals surface area contributed by atoms with Crippen LogP contribution >= 0.6 is 46.4 Å². The van der Waals surface area contributed by atoms with Crippen LogP contribution < -0.4 is 4.74 Å². The zero-order valence-corrected chi connectivity index (χ0v) is 13.2. The minimum atomic E-state index is 0.236. The average molecular weight is 340 g/mol. The second-order valence-electron chi connectivity index (χ2n) is 3.97. The largest absolute Gasteiger partial charge is 0.486 e. The second-order valence-corrected chi connectivity index (χ2v) is 5.57. The highest BCUT2D eigenvalue weighted by Crippen LogP contribution is 2.36. The van der Waals surface area contributed by atoms with Crippen LogP contribution in [0.25, 0.3) is 0 Å². The maximum Gasteiger partial charge on any atom is 0.157 e. The number of hydrogen-bond donors (Lipinski definition) is 0. The van der Waals surface area contributed by atoms with E-state index in [0.29, 0.717) is 26.0 Å². The molecular weight excluding hydrogens is 330 g/mol. The monoisotopic (exact) mass is 338 g/mol. The molecule has 0 aliphatic carbocycles. The Morgan fingerprint density at radius 1 is 1.16 bits per heavy atom. The van der Waals surface area contributed by atoms with E-state index in [-0.39, 0.29) is 6.61 Å². The topological polar surface area (TPSA) is 27.1 Å². The van der Waals surface area contributed by atoms with Gasteiger partial charge in [-0.1, -0.05) is 46.4 Å². The summed E-state index contributed by atoms with van der Waals surface area (Å²) in [5, 5.41) is 5.90. The third kappa shape index (κ3) is 3.11. The summed E-state index contributed by atoms with van der Waals surface area (Å²) in [4.78, 5) is 0. The number of benzene rings is 1. The lowest BCUT2D eigenvalue weighted by atomic mass is 10.3. The summed E-state index contributed by atoms with van der Waals surface area (Å²) in [6.45, 7) is 2.09. The number of halogens is 4. The third-order valence-corrected chi connectivity index (χ3v) is 3.85. The molecule has 1 aromatic carbocycles. The van der Waals surface area contributed by atoms with Crippen molar-refractivity contribution in [2.75, 3.05) is 0 Å². The maximum absolute atomic E-state index is 6.12. The molecule has 2 aromatic rings. The molecule has 0 bridgehead atoms. The quantitative estimate of drug-likeness (QED) is 0.793. The van der Waals surface area contributed by atoms with Crippen LogP contribution in [0.3, 0.4) is 0 Å². The molecule has 0 atom stereocenters. The Morgan fingerprint density at radius 2 is 1.74 bits per heavy atom. The number of rotatable bonds is 3. The molecule has 0 amide bonds. The van der Waals surface area contributed by atoms with Gasteiger partial charge in [-0.15, -0.1) is 0 Å². The first kappa shape index (κ1) is 14.8. The standard InChI is InChI=1S/C12H10Cl4N2O/c1-6-8(12(16)18(2)17-6)5-19-11-9(14)3-7(13)4-10(11)15/h3-4H,5H2,1-2H3. The summed E-state index contributed by atoms with van der Waals surface area (Å²) in [6.07, 6.45) is 0. The number of aromatic nitrogens is 2. The fourth-order valence-electron chi connectivity index (χ4n) is 1.65. The van der Waals surface area contributed by atoms with Crippen LogP contribution in [0, 0.1) is 6.92 Å². The number of ether oxygens (including phenoxy) is 1. The SMILES string of the molecule is Cc1nn(C)c(Cl)c1COc1c(Cl)cc(Cl)cc1Cl. The van der Waals surface area contributed by atoms with Gasteiger partial charge in [0.1, 0.15) is 11.8 Å². The second kappa shape index (κ2) is 5.80. The smallest absolute Gasteiger partial charge is 0.157 e. The van der Waals surface area contributed by atoms with Crippen molar-refractivity contribution in [2.45, 2.75) is 13.5 Å². The van der Waals surface area contributed by atoms with Gasteiger partial charge in [-0.05, 0) is 19.1 Å². The van der Waals surface area contributed by atoms with E-state index in [1.165, 1.54) is 0 Å². The van der Waals surface area contributed by atoms with E-state index in [2.05, 4.69) is 5.10 Å². The van der Waals surface area contributed by atoms with E-state index in [1.54, 1.807) is 23.9 Å². The third-order valence-electron chi connectivity index (χ3n) is 2.59. The van der Waals surface area contributed by atoms with Gasteiger partial charge >= 0.3 is 0 Å². The summed E-state index contributed by atoms with van der Waals surface area (Å²) in [6, 6.07) is 3.14. The molecule has 1 heterocycles. The first-order valence-electron chi connectivity index (χ1n) is 5.35. The maximum atomic E-state index is 6.12. The number of hydrogen-bond acceptors (Lipinski definition) is 2. The summed E-state index contributed by atoms with van der Waals surface area (Å²) < 4.78 is 7.21. The Hall–Kier alpha value is -0.610. The Morgan fingerprint density at radius 3 is 2.21 bits per heavy atom. The Kier molecular flexibility index (Phi) is 4.51. The van der Waals surface area contributed by atoms with Gasteiger partial charge in [0.05, 0.1) is 15.7 Å². The van der Waals surface area contributed by atoms with Crippen molar-refractivity contribution < 1.29 is 4.74 Å². The Bertz CT molecular complexity index is 601. The van der Waals surface area contributed by atoms with Gasteiger partial charge in [-0.2, -0.15) is 5.10 Å². The van der Waals surface area contributed by atoms with Crippen LogP contribution in [0.5, 0.6) is 5.75 Å². The highest BCUT2D eigenvalue weighted by atomic mass is 35.5. The lowest BCUT2D eigenvalue weighted by molar-refractivity contribution is 0.306. The van der Waals surface area contributed by atoms with Crippen molar-refractivity contribution in [3.63, 3.8) is 0 Å². The van der Waals surface area contributed by atoms with Crippen LogP contribution in [0.1, 0.15) is 11.3 Å². The fourth-order valence-corrected chi connectivity index (χ4v) is 2.80. The molecule has 0 saturated carbocycles. The molecule has 102 valence electrons. The molecule has 0 fully saturated rings. The van der Waals surface area contributed by atoms with Crippen LogP contribution in [0.15, 0.2) is 12.1 Å². The normalized spacial score (nSPS) is 10.8. The summed E-state index contributed by atoms with van der Waals surface area (Å²) >= 11 is 24.0. The molecule has 19 heavy (non-hydrogen) atoms. The molecule has 7 heteroatoms. The first-order chi connectivity index (χ1) is 8.90. The molecule has 0 N–H and O–H groups in total. The van der Waals surface area contributed by atoms with Crippen LogP contribution in [-0.2, 0) is 13.7 Å². The molecule has 3 nitrogen and oxygen atoms in total. The van der Waals surface area contributed by atoms with Gasteiger partial charge in [0.2, 0.25) is 0 Å². The van der Waals surface area contributed by atoms with Gasteiger partial charge in [-0.3, -0.25) is 4.68 Å². The first-order valence-corrected chi connectivity index (χ1v) is 6.86. The highest BCUT2D eigenvalue weighted by Gasteiger charge is 2.14. The fraction of sp³-hybridized carbons (Fsp3) is 0.250. The van der Waals surface area contributed by atoms with Crippen LogP contribution in [0.4, 0.5) is 0 Å². The van der Waals surface area contributed by atoms with Crippen LogP contribution in [0.2, 0.25) is 20.2 Å². The summed E-state index contributed by atoms with van der Waals surface area (Å²) in [5.74, 6) is 0.382. The van der Waals surface area contributed by atoms with E-state index in [9.17, 15) is 0 Å². The molecule has 1 aromatic heterocycles. The average Bonchev–Trinajstić information content (AvgIpc) is 2.53. The van der Waals surface area contributed by atoms with Gasteiger partial charge in [0.25, 0.3) is 0 Å². The molecule has 0 aliphatic heterocycles. The Balaban J connectivity index is 2.24. The molecule has 2 rings (SSSR count). The predicted octanol–water partition coefficient (Wildman–Crippen LogP) is 4.92. The molecule has 0 unspecified atom stereocenters. The molecule has 0 saturated heterocycles. The number of aryl methyl sites for hydroxylation is 2. The lowest BCUT2D eigenvalue weighted by Crippen LogP contribution is -1.98. The molecular formula is C12H10Cl4N2O. The van der Waals surface area contributed by atoms with Gasteiger partial charge < -0.3 is 4.74 Å². The lowest BCUT2D eigenvalue weighted by Gasteiger charge is -2.10. The highest BCUT2D eigenvalue weighted by molar-refractivity contribution is 6.40. The summed E-state index contributed by atoms with van der Waals surface area (Å²) in [5.41, 5.74) is 1.60. The van der Waals surface area contributed by atoms with Crippen molar-refractivity contribution in [3.05, 3.63) is 43.6 Å². The van der Waals surface area contributed by atoms with Crippen LogP contribution in [-0.4, -0.2) is 9.78 Å².